The van der Waals surface area contributed by atoms with E-state index in [9.17, 15) is 0 Å². The Labute approximate surface area is 97.0 Å². The van der Waals surface area contributed by atoms with Crippen LogP contribution in [0.3, 0.4) is 0 Å². The predicted octanol–water partition coefficient (Wildman–Crippen LogP) is 3.64. The molecular weight excluding hydrogens is 202 g/mol. The third kappa shape index (κ3) is 4.10. The van der Waals surface area contributed by atoms with Crippen LogP contribution in [0, 0.1) is 0 Å². The van der Waals surface area contributed by atoms with Gasteiger partial charge in [-0.15, -0.1) is 18.3 Å². The Bertz CT molecular complexity index is 292. The molecule has 0 radical (unpaired) electrons. The van der Waals surface area contributed by atoms with Crippen molar-refractivity contribution in [3.8, 4) is 0 Å². The van der Waals surface area contributed by atoms with Crippen molar-refractivity contribution >= 4 is 11.8 Å². The Morgan fingerprint density at radius 1 is 1.40 bits per heavy atom. The molecule has 1 unspecified atom stereocenters. The Morgan fingerprint density at radius 3 is 2.60 bits per heavy atom. The van der Waals surface area contributed by atoms with Gasteiger partial charge in [0, 0.05) is 16.7 Å². The van der Waals surface area contributed by atoms with E-state index in [0.29, 0.717) is 6.04 Å². The van der Waals surface area contributed by atoms with Gasteiger partial charge in [-0.1, -0.05) is 18.2 Å². The lowest BCUT2D eigenvalue weighted by molar-refractivity contribution is 0.652. The minimum Gasteiger partial charge on any atom is -0.313 e. The number of allylic oxidation sites excluding steroid dienone is 1. The van der Waals surface area contributed by atoms with Crippen LogP contribution in [0.4, 0.5) is 0 Å². The molecule has 0 saturated heterocycles. The molecule has 0 heterocycles. The molecule has 1 N–H and O–H groups in total. The number of thioether (sulfide) groups is 1. The van der Waals surface area contributed by atoms with E-state index in [1.54, 1.807) is 0 Å². The maximum Gasteiger partial charge on any atom is 0.0289 e. The van der Waals surface area contributed by atoms with Crippen LogP contribution in [0.15, 0.2) is 41.8 Å². The molecule has 2 heteroatoms. The molecule has 1 rings (SSSR count). The van der Waals surface area contributed by atoms with Crippen molar-refractivity contribution in [3.05, 3.63) is 42.5 Å². The first-order valence-electron chi connectivity index (χ1n) is 5.29. The van der Waals surface area contributed by atoms with Gasteiger partial charge in [-0.25, -0.2) is 0 Å². The average molecular weight is 221 g/mol. The van der Waals surface area contributed by atoms with E-state index >= 15 is 0 Å². The maximum absolute atomic E-state index is 3.72. The molecule has 0 aliphatic heterocycles. The lowest BCUT2D eigenvalue weighted by Crippen LogP contribution is -2.11. The molecule has 15 heavy (non-hydrogen) atoms. The summed E-state index contributed by atoms with van der Waals surface area (Å²) in [4.78, 5) is 1.34. The molecule has 0 amide bonds. The third-order valence-corrected chi connectivity index (χ3v) is 3.45. The van der Waals surface area contributed by atoms with Crippen LogP contribution in [-0.4, -0.2) is 12.8 Å². The second kappa shape index (κ2) is 6.70. The lowest BCUT2D eigenvalue weighted by atomic mass is 10.1. The van der Waals surface area contributed by atoms with Gasteiger partial charge in [0.25, 0.3) is 0 Å². The summed E-state index contributed by atoms with van der Waals surface area (Å²) >= 11 is 1.88. The lowest BCUT2D eigenvalue weighted by Gasteiger charge is -2.10. The van der Waals surface area contributed by atoms with Crippen molar-refractivity contribution in [2.45, 2.75) is 24.3 Å². The number of benzene rings is 1. The Kier molecular flexibility index (Phi) is 5.51. The van der Waals surface area contributed by atoms with Gasteiger partial charge in [0.2, 0.25) is 0 Å². The predicted molar refractivity (Wildman–Crippen MR) is 69.5 cm³/mol. The Morgan fingerprint density at radius 2 is 2.07 bits per heavy atom. The maximum atomic E-state index is 3.72. The summed E-state index contributed by atoms with van der Waals surface area (Å²) in [5.74, 6) is 1.12. The Hall–Kier alpha value is -0.730. The minimum absolute atomic E-state index is 0.428. The summed E-state index contributed by atoms with van der Waals surface area (Å²) in [7, 11) is 1.98. The molecule has 0 spiro atoms. The molecule has 82 valence electrons. The van der Waals surface area contributed by atoms with Gasteiger partial charge < -0.3 is 5.32 Å². The SMILES string of the molecule is C=CCCSc1ccc(C(C)NC)cc1. The molecule has 0 aliphatic carbocycles. The standard InChI is InChI=1S/C13H19NS/c1-4-5-10-15-13-8-6-12(7-9-13)11(2)14-3/h4,6-9,11,14H,1,5,10H2,2-3H3. The van der Waals surface area contributed by atoms with Gasteiger partial charge in [-0.2, -0.15) is 0 Å². The molecule has 0 saturated carbocycles. The highest BCUT2D eigenvalue weighted by atomic mass is 32.2. The number of hydrogen-bond donors (Lipinski definition) is 1. The monoisotopic (exact) mass is 221 g/mol. The highest BCUT2D eigenvalue weighted by Gasteiger charge is 2.01. The van der Waals surface area contributed by atoms with Crippen LogP contribution in [0.2, 0.25) is 0 Å². The molecule has 1 atom stereocenters. The zero-order valence-corrected chi connectivity index (χ0v) is 10.3. The van der Waals surface area contributed by atoms with E-state index in [2.05, 4.69) is 43.1 Å². The van der Waals surface area contributed by atoms with Crippen LogP contribution in [0.5, 0.6) is 0 Å². The smallest absolute Gasteiger partial charge is 0.0289 e. The van der Waals surface area contributed by atoms with Crippen molar-refractivity contribution in [2.24, 2.45) is 0 Å². The molecular formula is C13H19NS. The van der Waals surface area contributed by atoms with Crippen LogP contribution in [0.25, 0.3) is 0 Å². The fourth-order valence-corrected chi connectivity index (χ4v) is 2.13. The van der Waals surface area contributed by atoms with Gasteiger partial charge in [-0.05, 0) is 38.1 Å². The van der Waals surface area contributed by atoms with E-state index in [1.165, 1.54) is 10.5 Å². The van der Waals surface area contributed by atoms with Gasteiger partial charge in [-0.3, -0.25) is 0 Å². The van der Waals surface area contributed by atoms with Gasteiger partial charge in [0.1, 0.15) is 0 Å². The molecule has 1 nitrogen and oxygen atoms in total. The van der Waals surface area contributed by atoms with E-state index in [-0.39, 0.29) is 0 Å². The number of nitrogens with one attached hydrogen (secondary N) is 1. The third-order valence-electron chi connectivity index (χ3n) is 2.40. The van der Waals surface area contributed by atoms with Crippen molar-refractivity contribution in [1.29, 1.82) is 0 Å². The van der Waals surface area contributed by atoms with Crippen LogP contribution in [-0.2, 0) is 0 Å². The van der Waals surface area contributed by atoms with Crippen molar-refractivity contribution < 1.29 is 0 Å². The van der Waals surface area contributed by atoms with E-state index < -0.39 is 0 Å². The second-order valence-electron chi connectivity index (χ2n) is 3.51. The van der Waals surface area contributed by atoms with Crippen molar-refractivity contribution in [3.63, 3.8) is 0 Å². The quantitative estimate of drug-likeness (QED) is 0.447. The fraction of sp³-hybridized carbons (Fsp3) is 0.385. The van der Waals surface area contributed by atoms with E-state index in [4.69, 9.17) is 0 Å². The van der Waals surface area contributed by atoms with Crippen molar-refractivity contribution in [1.82, 2.24) is 5.32 Å². The first-order valence-corrected chi connectivity index (χ1v) is 6.27. The summed E-state index contributed by atoms with van der Waals surface area (Å²) in [5, 5.41) is 3.23. The summed E-state index contributed by atoms with van der Waals surface area (Å²) in [6.07, 6.45) is 3.03. The zero-order valence-electron chi connectivity index (χ0n) is 9.49. The normalized spacial score (nSPS) is 12.4. The molecule has 1 aromatic rings. The van der Waals surface area contributed by atoms with E-state index in [1.807, 2.05) is 24.9 Å². The minimum atomic E-state index is 0.428. The van der Waals surface area contributed by atoms with Gasteiger partial charge in [0.05, 0.1) is 0 Å². The van der Waals surface area contributed by atoms with E-state index in [0.717, 1.165) is 12.2 Å². The molecule has 1 aromatic carbocycles. The summed E-state index contributed by atoms with van der Waals surface area (Å²) < 4.78 is 0. The van der Waals surface area contributed by atoms with Crippen LogP contribution < -0.4 is 5.32 Å². The highest BCUT2D eigenvalue weighted by Crippen LogP contribution is 2.21. The molecule has 0 bridgehead atoms. The number of hydrogen-bond acceptors (Lipinski definition) is 2. The average Bonchev–Trinajstić information content (AvgIpc) is 2.29. The summed E-state index contributed by atoms with van der Waals surface area (Å²) in [6.45, 7) is 5.89. The summed E-state index contributed by atoms with van der Waals surface area (Å²) in [6, 6.07) is 9.19. The van der Waals surface area contributed by atoms with Crippen LogP contribution in [0.1, 0.15) is 24.9 Å². The number of rotatable bonds is 6. The first-order chi connectivity index (χ1) is 7.27. The summed E-state index contributed by atoms with van der Waals surface area (Å²) in [5.41, 5.74) is 1.34. The molecule has 0 aromatic heterocycles. The largest absolute Gasteiger partial charge is 0.313 e. The topological polar surface area (TPSA) is 12.0 Å². The van der Waals surface area contributed by atoms with Crippen molar-refractivity contribution in [2.75, 3.05) is 12.8 Å². The zero-order chi connectivity index (χ0) is 11.1. The van der Waals surface area contributed by atoms with Gasteiger partial charge in [0.15, 0.2) is 0 Å². The Balaban J connectivity index is 2.52. The van der Waals surface area contributed by atoms with Crippen LogP contribution >= 0.6 is 11.8 Å². The molecule has 0 fully saturated rings. The first kappa shape index (κ1) is 12.3. The highest BCUT2D eigenvalue weighted by molar-refractivity contribution is 7.99. The van der Waals surface area contributed by atoms with Gasteiger partial charge >= 0.3 is 0 Å². The fourth-order valence-electron chi connectivity index (χ4n) is 1.28. The second-order valence-corrected chi connectivity index (χ2v) is 4.67. The molecule has 0 aliphatic rings.